The number of carbonyl (C=O) groups excluding carboxylic acids is 2. The molecule has 0 aliphatic heterocycles. The third-order valence-corrected chi connectivity index (χ3v) is 10.5. The Bertz CT molecular complexity index is 922. The average molecular weight is 775 g/mol. The van der Waals surface area contributed by atoms with E-state index in [4.69, 9.17) is 18.5 Å². The predicted molar refractivity (Wildman–Crippen MR) is 220 cm³/mol. The van der Waals surface area contributed by atoms with Gasteiger partial charge in [0.2, 0.25) is 0 Å². The molecule has 2 atom stereocenters. The molecule has 0 fully saturated rings. The zero-order valence-electron chi connectivity index (χ0n) is 35.3. The van der Waals surface area contributed by atoms with Crippen molar-refractivity contribution in [3.05, 3.63) is 12.2 Å². The van der Waals surface area contributed by atoms with E-state index in [1.807, 2.05) is 21.1 Å². The Morgan fingerprint density at radius 2 is 0.962 bits per heavy atom. The first-order valence-electron chi connectivity index (χ1n) is 21.9. The average Bonchev–Trinajstić information content (AvgIpc) is 3.10. The molecular weight excluding hydrogens is 689 g/mol. The lowest BCUT2D eigenvalue weighted by atomic mass is 10.0. The minimum atomic E-state index is -4.37. The lowest BCUT2D eigenvalue weighted by Crippen LogP contribution is -2.37. The largest absolute Gasteiger partial charge is 0.472 e. The van der Waals surface area contributed by atoms with E-state index in [1.54, 1.807) is 0 Å². The number of esters is 2. The number of ether oxygens (including phenoxy) is 2. The highest BCUT2D eigenvalue weighted by Crippen LogP contribution is 2.43. The van der Waals surface area contributed by atoms with Crippen molar-refractivity contribution >= 4 is 19.8 Å². The minimum absolute atomic E-state index is 0.0331. The molecule has 0 heterocycles. The summed E-state index contributed by atoms with van der Waals surface area (Å²) in [5.41, 5.74) is 0. The molecule has 0 bridgehead atoms. The number of allylic oxidation sites excluding steroid dienone is 2. The summed E-state index contributed by atoms with van der Waals surface area (Å²) in [6.07, 6.45) is 36.8. The van der Waals surface area contributed by atoms with E-state index in [1.165, 1.54) is 116 Å². The van der Waals surface area contributed by atoms with Crippen LogP contribution in [0.25, 0.3) is 0 Å². The third-order valence-electron chi connectivity index (χ3n) is 9.55. The maximum Gasteiger partial charge on any atom is 0.472 e. The SMILES string of the molecule is CCCCCCCC/C=C\CCCCCCCC(=O)OC(COC(=O)CCCCCCCCCCCCCCCC)COP(=O)(O)OCC[N+](C)(C)C. The van der Waals surface area contributed by atoms with E-state index in [2.05, 4.69) is 26.0 Å². The van der Waals surface area contributed by atoms with Gasteiger partial charge in [-0.2, -0.15) is 0 Å². The monoisotopic (exact) mass is 775 g/mol. The molecule has 0 aliphatic carbocycles. The number of quaternary nitrogens is 1. The molecule has 314 valence electrons. The second kappa shape index (κ2) is 36.4. The molecule has 2 unspecified atom stereocenters. The van der Waals surface area contributed by atoms with Crippen LogP contribution in [0.15, 0.2) is 12.2 Å². The standard InChI is InChI=1S/C43H84NO8P/c1-6-8-10-12-14-16-18-20-22-24-26-28-30-32-34-36-43(46)52-41(40-51-53(47,48)50-38-37-44(3,4)5)39-49-42(45)35-33-31-29-27-25-23-21-19-17-15-13-11-9-7-2/h20,22,41H,6-19,21,23-40H2,1-5H3/p+1/b22-20-. The molecule has 0 aromatic rings. The second-order valence-electron chi connectivity index (χ2n) is 16.1. The van der Waals surface area contributed by atoms with Gasteiger partial charge in [-0.05, 0) is 38.5 Å². The molecule has 9 nitrogen and oxygen atoms in total. The van der Waals surface area contributed by atoms with Crippen molar-refractivity contribution in [2.45, 2.75) is 206 Å². The smallest absolute Gasteiger partial charge is 0.462 e. The van der Waals surface area contributed by atoms with Gasteiger partial charge in [-0.1, -0.05) is 161 Å². The van der Waals surface area contributed by atoms with Crippen molar-refractivity contribution < 1.29 is 42.1 Å². The zero-order valence-corrected chi connectivity index (χ0v) is 36.2. The van der Waals surface area contributed by atoms with E-state index in [0.717, 1.165) is 51.4 Å². The summed E-state index contributed by atoms with van der Waals surface area (Å²) in [6, 6.07) is 0. The molecule has 0 rings (SSSR count). The van der Waals surface area contributed by atoms with Gasteiger partial charge in [0, 0.05) is 12.8 Å². The van der Waals surface area contributed by atoms with Crippen LogP contribution < -0.4 is 0 Å². The Morgan fingerprint density at radius 1 is 0.566 bits per heavy atom. The maximum absolute atomic E-state index is 12.7. The van der Waals surface area contributed by atoms with Crippen molar-refractivity contribution in [3.63, 3.8) is 0 Å². The molecule has 0 aromatic carbocycles. The Morgan fingerprint density at radius 3 is 1.40 bits per heavy atom. The van der Waals surface area contributed by atoms with Crippen molar-refractivity contribution in [1.82, 2.24) is 0 Å². The van der Waals surface area contributed by atoms with Gasteiger partial charge in [0.25, 0.3) is 0 Å². The molecule has 1 N–H and O–H groups in total. The van der Waals surface area contributed by atoms with Crippen LogP contribution in [0.4, 0.5) is 0 Å². The van der Waals surface area contributed by atoms with Crippen LogP contribution in [0, 0.1) is 0 Å². The summed E-state index contributed by atoms with van der Waals surface area (Å²) in [7, 11) is 1.48. The molecule has 0 aliphatic rings. The van der Waals surface area contributed by atoms with Crippen molar-refractivity contribution in [2.24, 2.45) is 0 Å². The number of phosphoric ester groups is 1. The van der Waals surface area contributed by atoms with Gasteiger partial charge in [-0.25, -0.2) is 4.57 Å². The highest BCUT2D eigenvalue weighted by Gasteiger charge is 2.27. The van der Waals surface area contributed by atoms with E-state index < -0.39 is 26.5 Å². The Labute approximate surface area is 326 Å². The fourth-order valence-corrected chi connectivity index (χ4v) is 6.81. The van der Waals surface area contributed by atoms with Gasteiger partial charge in [0.05, 0.1) is 27.7 Å². The van der Waals surface area contributed by atoms with Crippen LogP contribution in [0.5, 0.6) is 0 Å². The molecule has 0 radical (unpaired) electrons. The Hall–Kier alpha value is -1.25. The van der Waals surface area contributed by atoms with Crippen LogP contribution in [0.3, 0.4) is 0 Å². The van der Waals surface area contributed by atoms with Crippen molar-refractivity contribution in [2.75, 3.05) is 47.5 Å². The lowest BCUT2D eigenvalue weighted by molar-refractivity contribution is -0.870. The molecule has 0 amide bonds. The first-order chi connectivity index (χ1) is 25.5. The number of hydrogen-bond acceptors (Lipinski definition) is 7. The van der Waals surface area contributed by atoms with Crippen molar-refractivity contribution in [3.8, 4) is 0 Å². The fraction of sp³-hybridized carbons (Fsp3) is 0.907. The topological polar surface area (TPSA) is 108 Å². The molecule has 0 spiro atoms. The lowest BCUT2D eigenvalue weighted by Gasteiger charge is -2.24. The van der Waals surface area contributed by atoms with Gasteiger partial charge < -0.3 is 18.9 Å². The van der Waals surface area contributed by atoms with Gasteiger partial charge in [-0.3, -0.25) is 18.6 Å². The predicted octanol–water partition coefficient (Wildman–Crippen LogP) is 12.2. The number of phosphoric acid groups is 1. The summed E-state index contributed by atoms with van der Waals surface area (Å²) >= 11 is 0. The van der Waals surface area contributed by atoms with Gasteiger partial charge >= 0.3 is 19.8 Å². The Kier molecular flexibility index (Phi) is 35.5. The van der Waals surface area contributed by atoms with Crippen molar-refractivity contribution in [1.29, 1.82) is 0 Å². The van der Waals surface area contributed by atoms with Gasteiger partial charge in [0.15, 0.2) is 6.10 Å². The summed E-state index contributed by atoms with van der Waals surface area (Å²) in [4.78, 5) is 35.3. The second-order valence-corrected chi connectivity index (χ2v) is 17.5. The zero-order chi connectivity index (χ0) is 39.3. The van der Waals surface area contributed by atoms with Crippen LogP contribution in [0.1, 0.15) is 200 Å². The highest BCUT2D eigenvalue weighted by atomic mass is 31.2. The highest BCUT2D eigenvalue weighted by molar-refractivity contribution is 7.47. The van der Waals surface area contributed by atoms with E-state index in [-0.39, 0.29) is 25.6 Å². The summed E-state index contributed by atoms with van der Waals surface area (Å²) in [5, 5.41) is 0. The summed E-state index contributed by atoms with van der Waals surface area (Å²) < 4.78 is 34.3. The number of hydrogen-bond donors (Lipinski definition) is 1. The summed E-state index contributed by atoms with van der Waals surface area (Å²) in [5.74, 6) is -0.799. The van der Waals surface area contributed by atoms with Crippen LogP contribution in [-0.4, -0.2) is 74.9 Å². The number of likely N-dealkylation sites (N-methyl/N-ethyl adjacent to an activating group) is 1. The van der Waals surface area contributed by atoms with Crippen LogP contribution >= 0.6 is 7.82 Å². The summed E-state index contributed by atoms with van der Waals surface area (Å²) in [6.45, 7) is 4.42. The van der Waals surface area contributed by atoms with Crippen LogP contribution in [-0.2, 0) is 32.7 Å². The number of nitrogens with zero attached hydrogens (tertiary/aromatic N) is 1. The quantitative estimate of drug-likeness (QED) is 0.0215. The normalized spacial score (nSPS) is 13.7. The van der Waals surface area contributed by atoms with Gasteiger partial charge in [-0.15, -0.1) is 0 Å². The van der Waals surface area contributed by atoms with E-state index in [0.29, 0.717) is 23.9 Å². The molecular formula is C43H85NO8P+. The third kappa shape index (κ3) is 40.2. The number of unbranched alkanes of at least 4 members (excludes halogenated alkanes) is 24. The fourth-order valence-electron chi connectivity index (χ4n) is 6.07. The first kappa shape index (κ1) is 51.8. The molecule has 0 aromatic heterocycles. The van der Waals surface area contributed by atoms with Crippen LogP contribution in [0.2, 0.25) is 0 Å². The van der Waals surface area contributed by atoms with E-state index >= 15 is 0 Å². The number of carbonyl (C=O) groups is 2. The molecule has 10 heteroatoms. The minimum Gasteiger partial charge on any atom is -0.462 e. The molecule has 53 heavy (non-hydrogen) atoms. The van der Waals surface area contributed by atoms with Gasteiger partial charge in [0.1, 0.15) is 19.8 Å². The van der Waals surface area contributed by atoms with E-state index in [9.17, 15) is 19.0 Å². The number of rotatable bonds is 40. The maximum atomic E-state index is 12.7. The molecule has 0 saturated carbocycles. The first-order valence-corrected chi connectivity index (χ1v) is 23.4. The molecule has 0 saturated heterocycles. The Balaban J connectivity index is 4.36.